The zero-order valence-corrected chi connectivity index (χ0v) is 18.5. The number of rotatable bonds is 5. The van der Waals surface area contributed by atoms with Crippen molar-refractivity contribution in [2.24, 2.45) is 5.16 Å². The van der Waals surface area contributed by atoms with Crippen LogP contribution in [0.3, 0.4) is 0 Å². The van der Waals surface area contributed by atoms with Gasteiger partial charge in [0, 0.05) is 49.6 Å². The summed E-state index contributed by atoms with van der Waals surface area (Å²) in [5, 5.41) is 19.2. The summed E-state index contributed by atoms with van der Waals surface area (Å²) in [5.74, 6) is -1.29. The Kier molecular flexibility index (Phi) is 6.50. The number of hydrogen-bond acceptors (Lipinski definition) is 5. The fourth-order valence-electron chi connectivity index (χ4n) is 3.81. The average Bonchev–Trinajstić information content (AvgIpc) is 3.23. The summed E-state index contributed by atoms with van der Waals surface area (Å²) >= 11 is 5.88. The number of benzene rings is 2. The van der Waals surface area contributed by atoms with E-state index in [2.05, 4.69) is 15.8 Å². The summed E-state index contributed by atoms with van der Waals surface area (Å²) in [7, 11) is 0. The van der Waals surface area contributed by atoms with Crippen LogP contribution >= 0.6 is 11.6 Å². The molecule has 0 bridgehead atoms. The molecule has 2 aliphatic heterocycles. The largest absolute Gasteiger partial charge is 0.478 e. The molecule has 3 amide bonds. The molecule has 0 aliphatic carbocycles. The van der Waals surface area contributed by atoms with Crippen LogP contribution < -0.4 is 10.6 Å². The van der Waals surface area contributed by atoms with Crippen LogP contribution in [0.4, 0.5) is 10.5 Å². The van der Waals surface area contributed by atoms with Gasteiger partial charge in [0.25, 0.3) is 5.91 Å². The molecule has 1 saturated heterocycles. The van der Waals surface area contributed by atoms with E-state index in [9.17, 15) is 14.4 Å². The standard InChI is InChI=1S/C23H23ClN4O5/c24-17-5-1-15(2-6-17)14-25-20(29)19-13-23(33-27-19)9-11-28(12-10-23)22(32)26-18-7-3-16(4-8-18)21(30)31/h1-8H,9-14H2,(H,25,29)(H,26,32)(H,30,31). The highest BCUT2D eigenvalue weighted by molar-refractivity contribution is 6.39. The molecular formula is C23H23ClN4O5. The van der Waals surface area contributed by atoms with Gasteiger partial charge in [-0.2, -0.15) is 0 Å². The lowest BCUT2D eigenvalue weighted by atomic mass is 9.87. The Morgan fingerprint density at radius 2 is 1.73 bits per heavy atom. The van der Waals surface area contributed by atoms with Crippen molar-refractivity contribution in [3.8, 4) is 0 Å². The summed E-state index contributed by atoms with van der Waals surface area (Å²) in [6.07, 6.45) is 1.50. The molecule has 4 rings (SSSR count). The fraction of sp³-hybridized carbons (Fsp3) is 0.304. The minimum Gasteiger partial charge on any atom is -0.478 e. The molecule has 1 fully saturated rings. The number of amides is 3. The first kappa shape index (κ1) is 22.6. The highest BCUT2D eigenvalue weighted by Crippen LogP contribution is 2.35. The van der Waals surface area contributed by atoms with Crippen molar-refractivity contribution < 1.29 is 24.3 Å². The number of aromatic carboxylic acids is 1. The second-order valence-corrected chi connectivity index (χ2v) is 8.53. The molecule has 172 valence electrons. The van der Waals surface area contributed by atoms with Crippen LogP contribution in [0.1, 0.15) is 35.2 Å². The van der Waals surface area contributed by atoms with Crippen LogP contribution in [0.15, 0.2) is 53.7 Å². The minimum atomic E-state index is -1.02. The van der Waals surface area contributed by atoms with Crippen molar-refractivity contribution in [3.63, 3.8) is 0 Å². The number of carbonyl (C=O) groups excluding carboxylic acids is 2. The Morgan fingerprint density at radius 3 is 2.36 bits per heavy atom. The Labute approximate surface area is 195 Å². The second-order valence-electron chi connectivity index (χ2n) is 8.10. The Morgan fingerprint density at radius 1 is 1.06 bits per heavy atom. The zero-order chi connectivity index (χ0) is 23.4. The molecule has 0 radical (unpaired) electrons. The van der Waals surface area contributed by atoms with Gasteiger partial charge in [0.15, 0.2) is 0 Å². The van der Waals surface area contributed by atoms with Gasteiger partial charge in [-0.3, -0.25) is 4.79 Å². The fourth-order valence-corrected chi connectivity index (χ4v) is 3.94. The average molecular weight is 471 g/mol. The molecular weight excluding hydrogens is 448 g/mol. The number of halogens is 1. The van der Waals surface area contributed by atoms with Gasteiger partial charge in [0.2, 0.25) is 0 Å². The van der Waals surface area contributed by atoms with Crippen molar-refractivity contribution in [3.05, 3.63) is 64.7 Å². The van der Waals surface area contributed by atoms with Gasteiger partial charge in [0.05, 0.1) is 5.56 Å². The second kappa shape index (κ2) is 9.50. The first-order valence-electron chi connectivity index (χ1n) is 10.5. The van der Waals surface area contributed by atoms with Crippen LogP contribution in [0.25, 0.3) is 0 Å². The first-order chi connectivity index (χ1) is 15.8. The smallest absolute Gasteiger partial charge is 0.335 e. The van der Waals surface area contributed by atoms with E-state index in [-0.39, 0.29) is 17.5 Å². The number of urea groups is 1. The number of oxime groups is 1. The van der Waals surface area contributed by atoms with Crippen molar-refractivity contribution in [2.75, 3.05) is 18.4 Å². The van der Waals surface area contributed by atoms with Gasteiger partial charge in [-0.05, 0) is 42.0 Å². The molecule has 0 saturated carbocycles. The monoisotopic (exact) mass is 470 g/mol. The normalized spacial score (nSPS) is 16.6. The number of nitrogens with one attached hydrogen (secondary N) is 2. The van der Waals surface area contributed by atoms with Gasteiger partial charge in [-0.1, -0.05) is 28.9 Å². The van der Waals surface area contributed by atoms with Crippen molar-refractivity contribution in [1.82, 2.24) is 10.2 Å². The summed E-state index contributed by atoms with van der Waals surface area (Å²) in [6, 6.07) is 12.9. The van der Waals surface area contributed by atoms with E-state index in [1.165, 1.54) is 12.1 Å². The van der Waals surface area contributed by atoms with E-state index in [1.54, 1.807) is 29.2 Å². The maximum atomic E-state index is 12.6. The molecule has 1 spiro atoms. The predicted molar refractivity (Wildman–Crippen MR) is 122 cm³/mol. The zero-order valence-electron chi connectivity index (χ0n) is 17.7. The molecule has 3 N–H and O–H groups in total. The Hall–Kier alpha value is -3.59. The van der Waals surface area contributed by atoms with Gasteiger partial charge >= 0.3 is 12.0 Å². The van der Waals surface area contributed by atoms with E-state index < -0.39 is 11.6 Å². The Balaban J connectivity index is 1.24. The van der Waals surface area contributed by atoms with Gasteiger partial charge in [0.1, 0.15) is 11.3 Å². The maximum absolute atomic E-state index is 12.6. The van der Waals surface area contributed by atoms with E-state index in [0.29, 0.717) is 55.3 Å². The highest BCUT2D eigenvalue weighted by Gasteiger charge is 2.44. The molecule has 0 aromatic heterocycles. The number of nitrogens with zero attached hydrogens (tertiary/aromatic N) is 2. The number of anilines is 1. The molecule has 2 aromatic carbocycles. The molecule has 33 heavy (non-hydrogen) atoms. The molecule has 2 aliphatic rings. The number of carbonyl (C=O) groups is 3. The topological polar surface area (TPSA) is 120 Å². The molecule has 0 unspecified atom stereocenters. The first-order valence-corrected chi connectivity index (χ1v) is 10.9. The summed E-state index contributed by atoms with van der Waals surface area (Å²) < 4.78 is 0. The molecule has 0 atom stereocenters. The van der Waals surface area contributed by atoms with Gasteiger partial charge in [-0.25, -0.2) is 9.59 Å². The third-order valence-corrected chi connectivity index (χ3v) is 6.06. The van der Waals surface area contributed by atoms with Crippen LogP contribution in [0.2, 0.25) is 5.02 Å². The lowest BCUT2D eigenvalue weighted by Gasteiger charge is -2.37. The Bertz CT molecular complexity index is 1080. The van der Waals surface area contributed by atoms with E-state index in [1.807, 2.05) is 12.1 Å². The number of likely N-dealkylation sites (tertiary alicyclic amines) is 1. The van der Waals surface area contributed by atoms with E-state index in [0.717, 1.165) is 5.56 Å². The summed E-state index contributed by atoms with van der Waals surface area (Å²) in [4.78, 5) is 43.3. The number of piperidine rings is 1. The molecule has 10 heteroatoms. The molecule has 9 nitrogen and oxygen atoms in total. The van der Waals surface area contributed by atoms with Crippen LogP contribution in [0, 0.1) is 0 Å². The quantitative estimate of drug-likeness (QED) is 0.617. The number of carboxylic acid groups (broad SMARTS) is 1. The van der Waals surface area contributed by atoms with Crippen molar-refractivity contribution in [2.45, 2.75) is 31.4 Å². The van der Waals surface area contributed by atoms with Crippen LogP contribution in [-0.4, -0.2) is 52.3 Å². The molecule has 2 heterocycles. The third-order valence-electron chi connectivity index (χ3n) is 5.81. The van der Waals surface area contributed by atoms with Gasteiger partial charge < -0.3 is 25.5 Å². The third kappa shape index (κ3) is 5.43. The van der Waals surface area contributed by atoms with E-state index in [4.69, 9.17) is 21.5 Å². The van der Waals surface area contributed by atoms with E-state index >= 15 is 0 Å². The number of carboxylic acids is 1. The highest BCUT2D eigenvalue weighted by atomic mass is 35.5. The SMILES string of the molecule is O=C(NCc1ccc(Cl)cc1)C1=NOC2(CCN(C(=O)Nc3ccc(C(=O)O)cc3)CC2)C1. The van der Waals surface area contributed by atoms with Crippen molar-refractivity contribution in [1.29, 1.82) is 0 Å². The van der Waals surface area contributed by atoms with Gasteiger partial charge in [-0.15, -0.1) is 0 Å². The minimum absolute atomic E-state index is 0.152. The maximum Gasteiger partial charge on any atom is 0.335 e. The summed E-state index contributed by atoms with van der Waals surface area (Å²) in [5.41, 5.74) is 1.37. The predicted octanol–water partition coefficient (Wildman–Crippen LogP) is 3.50. The lowest BCUT2D eigenvalue weighted by molar-refractivity contribution is -0.115. The molecule has 2 aromatic rings. The lowest BCUT2D eigenvalue weighted by Crippen LogP contribution is -2.48. The van der Waals surface area contributed by atoms with Crippen LogP contribution in [0.5, 0.6) is 0 Å². The number of hydrogen-bond donors (Lipinski definition) is 3. The van der Waals surface area contributed by atoms with Crippen LogP contribution in [-0.2, 0) is 16.2 Å². The summed E-state index contributed by atoms with van der Waals surface area (Å²) in [6.45, 7) is 1.27. The van der Waals surface area contributed by atoms with Crippen molar-refractivity contribution >= 4 is 40.9 Å².